The summed E-state index contributed by atoms with van der Waals surface area (Å²) in [6, 6.07) is 11.2. The maximum atomic E-state index is 10.8. The normalized spacial score (nSPS) is 9.61. The number of aryl methyl sites for hydroxylation is 1. The van der Waals surface area contributed by atoms with E-state index in [4.69, 9.17) is 20.4 Å². The van der Waals surface area contributed by atoms with Crippen LogP contribution >= 0.6 is 0 Å². The van der Waals surface area contributed by atoms with Crippen LogP contribution in [0, 0.1) is 6.92 Å². The fourth-order valence-corrected chi connectivity index (χ4v) is 1.64. The molecule has 0 saturated carbocycles. The number of hydrogen-bond acceptors (Lipinski definition) is 4. The zero-order valence-corrected chi connectivity index (χ0v) is 12.5. The molecule has 0 aliphatic carbocycles. The Morgan fingerprint density at radius 1 is 1.04 bits per heavy atom. The molecular formula is C16H17NO6. The van der Waals surface area contributed by atoms with E-state index in [1.165, 1.54) is 0 Å². The molecule has 0 aliphatic heterocycles. The van der Waals surface area contributed by atoms with Crippen LogP contribution in [0.1, 0.15) is 29.0 Å². The van der Waals surface area contributed by atoms with E-state index in [2.05, 4.69) is 0 Å². The molecule has 23 heavy (non-hydrogen) atoms. The number of carboxylic acids is 2. The molecule has 122 valence electrons. The van der Waals surface area contributed by atoms with E-state index in [0.29, 0.717) is 5.76 Å². The molecule has 0 spiro atoms. The van der Waals surface area contributed by atoms with Gasteiger partial charge in [-0.15, -0.1) is 0 Å². The quantitative estimate of drug-likeness (QED) is 0.775. The highest BCUT2D eigenvalue weighted by molar-refractivity contribution is 5.90. The molecule has 0 fully saturated rings. The summed E-state index contributed by atoms with van der Waals surface area (Å²) in [5.41, 5.74) is 7.19. The molecule has 0 unspecified atom stereocenters. The Morgan fingerprint density at radius 3 is 2.09 bits per heavy atom. The van der Waals surface area contributed by atoms with Crippen molar-refractivity contribution >= 4 is 17.8 Å². The second-order valence-corrected chi connectivity index (χ2v) is 4.69. The summed E-state index contributed by atoms with van der Waals surface area (Å²) in [6.07, 6.45) is -0.593. The molecule has 0 aliphatic rings. The van der Waals surface area contributed by atoms with Crippen LogP contribution in [0.5, 0.6) is 0 Å². The first kappa shape index (κ1) is 18.0. The Hall–Kier alpha value is -3.09. The number of carbonyl (C=O) groups excluding carboxylic acids is 1. The molecule has 0 atom stereocenters. The van der Waals surface area contributed by atoms with Crippen LogP contribution in [-0.2, 0) is 9.59 Å². The summed E-state index contributed by atoms with van der Waals surface area (Å²) >= 11 is 0. The van der Waals surface area contributed by atoms with Crippen LogP contribution in [-0.4, -0.2) is 28.1 Å². The zero-order chi connectivity index (χ0) is 17.4. The number of benzene rings is 1. The van der Waals surface area contributed by atoms with Crippen molar-refractivity contribution in [1.29, 1.82) is 0 Å². The summed E-state index contributed by atoms with van der Waals surface area (Å²) in [7, 11) is 0. The lowest BCUT2D eigenvalue weighted by Gasteiger charge is -1.97. The number of aliphatic carboxylic acids is 2. The lowest BCUT2D eigenvalue weighted by Crippen LogP contribution is -2.09. The first-order valence-electron chi connectivity index (χ1n) is 6.70. The Labute approximate surface area is 132 Å². The van der Waals surface area contributed by atoms with Gasteiger partial charge in [0.15, 0.2) is 5.76 Å². The van der Waals surface area contributed by atoms with Crippen molar-refractivity contribution in [1.82, 2.24) is 0 Å². The van der Waals surface area contributed by atoms with Crippen LogP contribution < -0.4 is 5.73 Å². The van der Waals surface area contributed by atoms with Crippen molar-refractivity contribution in [2.75, 3.05) is 0 Å². The van der Waals surface area contributed by atoms with E-state index in [0.717, 1.165) is 11.1 Å². The average Bonchev–Trinajstić information content (AvgIpc) is 2.96. The monoisotopic (exact) mass is 319 g/mol. The zero-order valence-electron chi connectivity index (χ0n) is 12.5. The van der Waals surface area contributed by atoms with Gasteiger partial charge in [-0.2, -0.15) is 0 Å². The third-order valence-electron chi connectivity index (χ3n) is 2.70. The van der Waals surface area contributed by atoms with E-state index in [-0.39, 0.29) is 18.6 Å². The number of carbonyl (C=O) groups is 3. The van der Waals surface area contributed by atoms with Crippen molar-refractivity contribution < 1.29 is 29.0 Å². The predicted molar refractivity (Wildman–Crippen MR) is 81.9 cm³/mol. The molecule has 1 aromatic heterocycles. The molecule has 7 nitrogen and oxygen atoms in total. The molecule has 0 bridgehead atoms. The second kappa shape index (κ2) is 8.38. The fourth-order valence-electron chi connectivity index (χ4n) is 1.64. The predicted octanol–water partition coefficient (Wildman–Crippen LogP) is 2.29. The van der Waals surface area contributed by atoms with Crippen molar-refractivity contribution in [3.05, 3.63) is 47.7 Å². The highest BCUT2D eigenvalue weighted by atomic mass is 16.4. The highest BCUT2D eigenvalue weighted by Gasteiger charge is 2.08. The maximum Gasteiger partial charge on any atom is 0.303 e. The van der Waals surface area contributed by atoms with Gasteiger partial charge in [0.05, 0.1) is 12.8 Å². The van der Waals surface area contributed by atoms with Crippen LogP contribution in [0.4, 0.5) is 0 Å². The molecule has 2 aromatic rings. The topological polar surface area (TPSA) is 131 Å². The number of amides is 1. The van der Waals surface area contributed by atoms with Gasteiger partial charge < -0.3 is 20.4 Å². The summed E-state index contributed by atoms with van der Waals surface area (Å²) in [5.74, 6) is -1.85. The lowest BCUT2D eigenvalue weighted by molar-refractivity contribution is -0.143. The molecule has 1 heterocycles. The van der Waals surface area contributed by atoms with Gasteiger partial charge in [-0.1, -0.05) is 23.8 Å². The Balaban J connectivity index is 0.000000284. The summed E-state index contributed by atoms with van der Waals surface area (Å²) in [5, 5.41) is 15.8. The lowest BCUT2D eigenvalue weighted by atomic mass is 10.1. The molecule has 0 saturated heterocycles. The van der Waals surface area contributed by atoms with E-state index >= 15 is 0 Å². The number of carboxylic acid groups (broad SMARTS) is 2. The summed E-state index contributed by atoms with van der Waals surface area (Å²) < 4.78 is 5.31. The van der Waals surface area contributed by atoms with Crippen molar-refractivity contribution in [2.45, 2.75) is 19.8 Å². The SMILES string of the molecule is Cc1cccc(-c2ccc(C(N)=O)o2)c1.O=C(O)CCC(=O)O. The third kappa shape index (κ3) is 6.47. The van der Waals surface area contributed by atoms with Gasteiger partial charge in [0.25, 0.3) is 5.91 Å². The number of nitrogens with two attached hydrogens (primary N) is 1. The first-order valence-corrected chi connectivity index (χ1v) is 6.70. The minimum absolute atomic E-state index is 0.187. The van der Waals surface area contributed by atoms with E-state index in [1.54, 1.807) is 12.1 Å². The molecule has 0 radical (unpaired) electrons. The van der Waals surface area contributed by atoms with Crippen molar-refractivity contribution in [2.24, 2.45) is 5.73 Å². The fraction of sp³-hybridized carbons (Fsp3) is 0.188. The minimum atomic E-state index is -1.08. The Kier molecular flexibility index (Phi) is 6.54. The maximum absolute atomic E-state index is 10.8. The highest BCUT2D eigenvalue weighted by Crippen LogP contribution is 2.22. The Bertz CT molecular complexity index is 690. The standard InChI is InChI=1S/C12H11NO2.C4H6O4/c1-8-3-2-4-9(7-8)10-5-6-11(15-10)12(13)14;5-3(6)1-2-4(7)8/h2-7H,1H3,(H2,13,14);1-2H2,(H,5,6)(H,7,8). The number of primary amides is 1. The molecule has 2 rings (SSSR count). The average molecular weight is 319 g/mol. The smallest absolute Gasteiger partial charge is 0.303 e. The number of hydrogen-bond donors (Lipinski definition) is 3. The molecule has 1 amide bonds. The van der Waals surface area contributed by atoms with Crippen molar-refractivity contribution in [3.8, 4) is 11.3 Å². The van der Waals surface area contributed by atoms with E-state index < -0.39 is 17.8 Å². The van der Waals surface area contributed by atoms with Crippen LogP contribution in [0.15, 0.2) is 40.8 Å². The number of rotatable bonds is 5. The van der Waals surface area contributed by atoms with Gasteiger partial charge in [-0.3, -0.25) is 14.4 Å². The van der Waals surface area contributed by atoms with Crippen LogP contribution in [0.3, 0.4) is 0 Å². The van der Waals surface area contributed by atoms with Crippen LogP contribution in [0.2, 0.25) is 0 Å². The first-order chi connectivity index (χ1) is 10.8. The van der Waals surface area contributed by atoms with Gasteiger partial charge in [-0.25, -0.2) is 0 Å². The van der Waals surface area contributed by atoms with Gasteiger partial charge in [-0.05, 0) is 25.1 Å². The molecular weight excluding hydrogens is 302 g/mol. The van der Waals surface area contributed by atoms with Gasteiger partial charge in [0, 0.05) is 5.56 Å². The Morgan fingerprint density at radius 2 is 1.65 bits per heavy atom. The van der Waals surface area contributed by atoms with Gasteiger partial charge in [0.2, 0.25) is 0 Å². The summed E-state index contributed by atoms with van der Waals surface area (Å²) in [4.78, 5) is 30.1. The van der Waals surface area contributed by atoms with Crippen molar-refractivity contribution in [3.63, 3.8) is 0 Å². The van der Waals surface area contributed by atoms with E-state index in [1.807, 2.05) is 31.2 Å². The van der Waals surface area contributed by atoms with Crippen LogP contribution in [0.25, 0.3) is 11.3 Å². The second-order valence-electron chi connectivity index (χ2n) is 4.69. The molecule has 4 N–H and O–H groups in total. The van der Waals surface area contributed by atoms with Gasteiger partial charge >= 0.3 is 11.9 Å². The van der Waals surface area contributed by atoms with Gasteiger partial charge in [0.1, 0.15) is 5.76 Å². The minimum Gasteiger partial charge on any atom is -0.481 e. The molecule has 7 heteroatoms. The summed E-state index contributed by atoms with van der Waals surface area (Å²) in [6.45, 7) is 2.00. The molecule has 1 aromatic carbocycles. The number of furan rings is 1. The third-order valence-corrected chi connectivity index (χ3v) is 2.70. The van der Waals surface area contributed by atoms with E-state index in [9.17, 15) is 14.4 Å². The largest absolute Gasteiger partial charge is 0.481 e.